The van der Waals surface area contributed by atoms with Crippen LogP contribution in [0.3, 0.4) is 0 Å². The molecule has 2 saturated heterocycles. The van der Waals surface area contributed by atoms with Gasteiger partial charge in [-0.25, -0.2) is 0 Å². The Labute approximate surface area is 166 Å². The fourth-order valence-corrected chi connectivity index (χ4v) is 3.76. The molecular weight excluding hydrogens is 374 g/mol. The first-order chi connectivity index (χ1) is 12.5. The third kappa shape index (κ3) is 8.02. The van der Waals surface area contributed by atoms with Crippen molar-refractivity contribution in [2.75, 3.05) is 32.8 Å². The Morgan fingerprint density at radius 2 is 1.89 bits per heavy atom. The number of amides is 2. The standard InChI is InChI=1S/C18H31N3O5.ClH/c22-12-15(10-17(24)25)20-18(26)14-2-1-9-21(11-14)16(23)4-3-13-5-7-19-8-6-13;/h13-15,19,22H,1-12H2,(H,20,26)(H,24,25);1H/t14-,15?;/m1./s1. The quantitative estimate of drug-likeness (QED) is 0.463. The molecule has 2 rings (SSSR count). The van der Waals surface area contributed by atoms with Crippen LogP contribution in [0.1, 0.15) is 44.9 Å². The van der Waals surface area contributed by atoms with Gasteiger partial charge in [-0.15, -0.1) is 12.4 Å². The Kier molecular flexibility index (Phi) is 10.6. The van der Waals surface area contributed by atoms with E-state index in [1.165, 1.54) is 0 Å². The number of nitrogens with one attached hydrogen (secondary N) is 2. The van der Waals surface area contributed by atoms with Crippen LogP contribution < -0.4 is 10.6 Å². The summed E-state index contributed by atoms with van der Waals surface area (Å²) in [6.07, 6.45) is 4.79. The lowest BCUT2D eigenvalue weighted by Crippen LogP contribution is -2.48. The molecule has 2 heterocycles. The molecule has 2 atom stereocenters. The number of nitrogens with zero attached hydrogens (tertiary/aromatic N) is 1. The number of carboxylic acids is 1. The molecule has 0 aromatic rings. The van der Waals surface area contributed by atoms with Gasteiger partial charge in [0.1, 0.15) is 0 Å². The van der Waals surface area contributed by atoms with Gasteiger partial charge >= 0.3 is 5.97 Å². The van der Waals surface area contributed by atoms with Crippen molar-refractivity contribution in [2.24, 2.45) is 11.8 Å². The maximum Gasteiger partial charge on any atom is 0.305 e. The number of aliphatic hydroxyl groups excluding tert-OH is 1. The third-order valence-corrected chi connectivity index (χ3v) is 5.36. The van der Waals surface area contributed by atoms with Crippen LogP contribution >= 0.6 is 12.4 Å². The first-order valence-electron chi connectivity index (χ1n) is 9.61. The van der Waals surface area contributed by atoms with Crippen LogP contribution in [0.5, 0.6) is 0 Å². The molecule has 2 fully saturated rings. The van der Waals surface area contributed by atoms with Gasteiger partial charge < -0.3 is 25.7 Å². The molecule has 0 aromatic carbocycles. The zero-order valence-corrected chi connectivity index (χ0v) is 16.5. The molecule has 2 aliphatic rings. The molecule has 0 bridgehead atoms. The van der Waals surface area contributed by atoms with Crippen molar-refractivity contribution in [3.8, 4) is 0 Å². The molecule has 9 heteroatoms. The fraction of sp³-hybridized carbons (Fsp3) is 0.833. The van der Waals surface area contributed by atoms with Crippen molar-refractivity contribution in [3.63, 3.8) is 0 Å². The Morgan fingerprint density at radius 1 is 1.19 bits per heavy atom. The Bertz CT molecular complexity index is 499. The molecule has 2 amide bonds. The summed E-state index contributed by atoms with van der Waals surface area (Å²) in [7, 11) is 0. The summed E-state index contributed by atoms with van der Waals surface area (Å²) in [6, 6.07) is -0.786. The van der Waals surface area contributed by atoms with Gasteiger partial charge in [0, 0.05) is 19.5 Å². The van der Waals surface area contributed by atoms with Crippen molar-refractivity contribution in [1.82, 2.24) is 15.5 Å². The monoisotopic (exact) mass is 405 g/mol. The number of carbonyl (C=O) groups excluding carboxylic acids is 2. The fourth-order valence-electron chi connectivity index (χ4n) is 3.76. The van der Waals surface area contributed by atoms with Crippen LogP contribution in [-0.2, 0) is 14.4 Å². The molecule has 4 N–H and O–H groups in total. The highest BCUT2D eigenvalue weighted by molar-refractivity contribution is 5.85. The lowest BCUT2D eigenvalue weighted by molar-refractivity contribution is -0.138. The van der Waals surface area contributed by atoms with Crippen LogP contribution in [0.2, 0.25) is 0 Å². The average molecular weight is 406 g/mol. The van der Waals surface area contributed by atoms with E-state index in [9.17, 15) is 19.5 Å². The molecule has 0 spiro atoms. The Morgan fingerprint density at radius 3 is 2.52 bits per heavy atom. The third-order valence-electron chi connectivity index (χ3n) is 5.36. The number of aliphatic carboxylic acids is 1. The summed E-state index contributed by atoms with van der Waals surface area (Å²) in [6.45, 7) is 2.68. The minimum absolute atomic E-state index is 0. The first-order valence-corrected chi connectivity index (χ1v) is 9.61. The summed E-state index contributed by atoms with van der Waals surface area (Å²) in [5, 5.41) is 23.9. The van der Waals surface area contributed by atoms with Crippen molar-refractivity contribution < 1.29 is 24.6 Å². The minimum atomic E-state index is -1.07. The molecule has 0 aromatic heterocycles. The zero-order chi connectivity index (χ0) is 18.9. The minimum Gasteiger partial charge on any atom is -0.481 e. The molecule has 0 saturated carbocycles. The predicted octanol–water partition coefficient (Wildman–Crippen LogP) is 0.378. The van der Waals surface area contributed by atoms with Gasteiger partial charge in [0.15, 0.2) is 0 Å². The zero-order valence-electron chi connectivity index (χ0n) is 15.7. The predicted molar refractivity (Wildman–Crippen MR) is 103 cm³/mol. The van der Waals surface area contributed by atoms with Gasteiger partial charge in [-0.3, -0.25) is 14.4 Å². The lowest BCUT2D eigenvalue weighted by atomic mass is 9.92. The van der Waals surface area contributed by atoms with Gasteiger partial charge in [0.05, 0.1) is 25.0 Å². The van der Waals surface area contributed by atoms with Gasteiger partial charge in [0.25, 0.3) is 0 Å². The van der Waals surface area contributed by atoms with Crippen molar-refractivity contribution in [1.29, 1.82) is 0 Å². The van der Waals surface area contributed by atoms with E-state index < -0.39 is 18.6 Å². The molecule has 2 aliphatic heterocycles. The van der Waals surface area contributed by atoms with Gasteiger partial charge in [-0.2, -0.15) is 0 Å². The molecular formula is C18H32ClN3O5. The molecule has 156 valence electrons. The average Bonchev–Trinajstić information content (AvgIpc) is 2.66. The van der Waals surface area contributed by atoms with Crippen molar-refractivity contribution >= 4 is 30.2 Å². The second-order valence-electron chi connectivity index (χ2n) is 7.40. The van der Waals surface area contributed by atoms with Crippen molar-refractivity contribution in [3.05, 3.63) is 0 Å². The summed E-state index contributed by atoms with van der Waals surface area (Å²) in [5.41, 5.74) is 0. The number of rotatable bonds is 8. The van der Waals surface area contributed by atoms with E-state index in [-0.39, 0.29) is 36.6 Å². The molecule has 0 aliphatic carbocycles. The number of hydrogen-bond donors (Lipinski definition) is 4. The first kappa shape index (κ1) is 23.7. The Hall–Kier alpha value is -1.38. The number of aliphatic hydroxyl groups is 1. The molecule has 27 heavy (non-hydrogen) atoms. The van der Waals surface area contributed by atoms with Gasteiger partial charge in [-0.05, 0) is 51.1 Å². The summed E-state index contributed by atoms with van der Waals surface area (Å²) < 4.78 is 0. The maximum atomic E-state index is 12.5. The van der Waals surface area contributed by atoms with Gasteiger partial charge in [-0.1, -0.05) is 0 Å². The largest absolute Gasteiger partial charge is 0.481 e. The second-order valence-corrected chi connectivity index (χ2v) is 7.40. The van der Waals surface area contributed by atoms with E-state index in [2.05, 4.69) is 10.6 Å². The normalized spacial score (nSPS) is 21.8. The second kappa shape index (κ2) is 12.2. The van der Waals surface area contributed by atoms with E-state index in [1.54, 1.807) is 4.90 Å². The molecule has 8 nitrogen and oxygen atoms in total. The van der Waals surface area contributed by atoms with Gasteiger partial charge in [0.2, 0.25) is 11.8 Å². The molecule has 0 radical (unpaired) electrons. The maximum absolute atomic E-state index is 12.5. The van der Waals surface area contributed by atoms with Crippen LogP contribution in [0, 0.1) is 11.8 Å². The van der Waals surface area contributed by atoms with Crippen LogP contribution in [0.15, 0.2) is 0 Å². The number of likely N-dealkylation sites (tertiary alicyclic amines) is 1. The summed E-state index contributed by atoms with van der Waals surface area (Å²) >= 11 is 0. The topological polar surface area (TPSA) is 119 Å². The summed E-state index contributed by atoms with van der Waals surface area (Å²) in [5.74, 6) is -0.978. The van der Waals surface area contributed by atoms with E-state index in [0.717, 1.165) is 38.8 Å². The Balaban J connectivity index is 0.00000364. The highest BCUT2D eigenvalue weighted by Crippen LogP contribution is 2.21. The van der Waals surface area contributed by atoms with E-state index in [0.29, 0.717) is 31.8 Å². The molecule has 1 unspecified atom stereocenters. The number of halogens is 1. The van der Waals surface area contributed by atoms with E-state index in [1.807, 2.05) is 0 Å². The smallest absolute Gasteiger partial charge is 0.305 e. The van der Waals surface area contributed by atoms with Crippen LogP contribution in [0.4, 0.5) is 0 Å². The number of carboxylic acid groups (broad SMARTS) is 1. The lowest BCUT2D eigenvalue weighted by Gasteiger charge is -2.33. The highest BCUT2D eigenvalue weighted by atomic mass is 35.5. The highest BCUT2D eigenvalue weighted by Gasteiger charge is 2.30. The van der Waals surface area contributed by atoms with Crippen molar-refractivity contribution in [2.45, 2.75) is 51.0 Å². The number of hydrogen-bond acceptors (Lipinski definition) is 5. The van der Waals surface area contributed by atoms with E-state index in [4.69, 9.17) is 5.11 Å². The van der Waals surface area contributed by atoms with Crippen LogP contribution in [-0.4, -0.2) is 71.7 Å². The SMILES string of the molecule is Cl.O=C(O)CC(CO)NC(=O)[C@@H]1CCCN(C(=O)CCC2CCNCC2)C1. The number of carbonyl (C=O) groups is 3. The van der Waals surface area contributed by atoms with Crippen LogP contribution in [0.25, 0.3) is 0 Å². The number of piperidine rings is 2. The summed E-state index contributed by atoms with van der Waals surface area (Å²) in [4.78, 5) is 37.4. The van der Waals surface area contributed by atoms with E-state index >= 15 is 0 Å².